The minimum Gasteiger partial charge on any atom is -0.508 e. The SMILES string of the molecule is COCC(C)CNC(=O)c1cccc(O)c1C. The molecule has 1 unspecified atom stereocenters. The molecule has 1 atom stereocenters. The Kier molecular flexibility index (Phi) is 4.97. The Morgan fingerprint density at radius 1 is 1.53 bits per heavy atom. The average Bonchev–Trinajstić information content (AvgIpc) is 2.30. The van der Waals surface area contributed by atoms with Crippen LogP contribution in [0.2, 0.25) is 0 Å². The van der Waals surface area contributed by atoms with Gasteiger partial charge in [-0.15, -0.1) is 0 Å². The van der Waals surface area contributed by atoms with Crippen LogP contribution in [0.3, 0.4) is 0 Å². The molecule has 0 heterocycles. The predicted molar refractivity (Wildman–Crippen MR) is 66.2 cm³/mol. The molecule has 4 heteroatoms. The number of nitrogens with one attached hydrogen (secondary N) is 1. The van der Waals surface area contributed by atoms with E-state index >= 15 is 0 Å². The maximum atomic E-state index is 11.9. The van der Waals surface area contributed by atoms with Crippen LogP contribution < -0.4 is 5.32 Å². The van der Waals surface area contributed by atoms with Gasteiger partial charge in [-0.05, 0) is 25.0 Å². The maximum absolute atomic E-state index is 11.9. The Morgan fingerprint density at radius 3 is 2.88 bits per heavy atom. The van der Waals surface area contributed by atoms with E-state index in [0.717, 1.165) is 0 Å². The molecule has 1 rings (SSSR count). The van der Waals surface area contributed by atoms with Crippen molar-refractivity contribution >= 4 is 5.91 Å². The number of carbonyl (C=O) groups excluding carboxylic acids is 1. The number of methoxy groups -OCH3 is 1. The summed E-state index contributed by atoms with van der Waals surface area (Å²) in [5.41, 5.74) is 1.11. The topological polar surface area (TPSA) is 58.6 Å². The molecule has 1 aromatic carbocycles. The monoisotopic (exact) mass is 237 g/mol. The molecular formula is C13H19NO3. The number of amides is 1. The Balaban J connectivity index is 2.61. The second-order valence-corrected chi connectivity index (χ2v) is 4.22. The third-order valence-corrected chi connectivity index (χ3v) is 2.61. The number of phenolic OH excluding ortho intramolecular Hbond substituents is 1. The van der Waals surface area contributed by atoms with Crippen molar-refractivity contribution in [2.45, 2.75) is 13.8 Å². The summed E-state index contributed by atoms with van der Waals surface area (Å²) in [6.07, 6.45) is 0. The molecule has 1 aromatic rings. The van der Waals surface area contributed by atoms with Gasteiger partial charge in [0.1, 0.15) is 5.75 Å². The summed E-state index contributed by atoms with van der Waals surface area (Å²) in [6, 6.07) is 4.93. The summed E-state index contributed by atoms with van der Waals surface area (Å²) in [5, 5.41) is 12.3. The number of phenols is 1. The van der Waals surface area contributed by atoms with Crippen LogP contribution in [-0.4, -0.2) is 31.3 Å². The first-order chi connectivity index (χ1) is 8.06. The van der Waals surface area contributed by atoms with Gasteiger partial charge in [-0.2, -0.15) is 0 Å². The van der Waals surface area contributed by atoms with Crippen molar-refractivity contribution in [1.29, 1.82) is 0 Å². The van der Waals surface area contributed by atoms with Crippen LogP contribution >= 0.6 is 0 Å². The van der Waals surface area contributed by atoms with Crippen LogP contribution in [-0.2, 0) is 4.74 Å². The van der Waals surface area contributed by atoms with Gasteiger partial charge < -0.3 is 15.2 Å². The van der Waals surface area contributed by atoms with Crippen molar-refractivity contribution in [2.24, 2.45) is 5.92 Å². The lowest BCUT2D eigenvalue weighted by Gasteiger charge is -2.12. The normalized spacial score (nSPS) is 12.2. The third kappa shape index (κ3) is 3.75. The minimum atomic E-state index is -0.165. The van der Waals surface area contributed by atoms with Gasteiger partial charge in [0.25, 0.3) is 5.91 Å². The molecule has 1 amide bonds. The lowest BCUT2D eigenvalue weighted by atomic mass is 10.1. The Labute approximate surface area is 102 Å². The summed E-state index contributed by atoms with van der Waals surface area (Å²) in [5.74, 6) is 0.241. The smallest absolute Gasteiger partial charge is 0.251 e. The van der Waals surface area contributed by atoms with Crippen LogP contribution in [0.4, 0.5) is 0 Å². The standard InChI is InChI=1S/C13H19NO3/c1-9(8-17-3)7-14-13(16)11-5-4-6-12(15)10(11)2/h4-6,9,15H,7-8H2,1-3H3,(H,14,16). The van der Waals surface area contributed by atoms with Gasteiger partial charge >= 0.3 is 0 Å². The Bertz CT molecular complexity index is 390. The Hall–Kier alpha value is -1.55. The van der Waals surface area contributed by atoms with E-state index in [9.17, 15) is 9.90 Å². The third-order valence-electron chi connectivity index (χ3n) is 2.61. The fraction of sp³-hybridized carbons (Fsp3) is 0.462. The zero-order valence-corrected chi connectivity index (χ0v) is 10.5. The molecule has 0 aromatic heterocycles. The maximum Gasteiger partial charge on any atom is 0.251 e. The average molecular weight is 237 g/mol. The molecule has 94 valence electrons. The van der Waals surface area contributed by atoms with Crippen LogP contribution in [0.1, 0.15) is 22.8 Å². The molecule has 0 saturated heterocycles. The molecular weight excluding hydrogens is 218 g/mol. The molecule has 17 heavy (non-hydrogen) atoms. The van der Waals surface area contributed by atoms with Gasteiger partial charge in [-0.1, -0.05) is 13.0 Å². The first kappa shape index (κ1) is 13.5. The fourth-order valence-electron chi connectivity index (χ4n) is 1.58. The Morgan fingerprint density at radius 2 is 2.24 bits per heavy atom. The first-order valence-corrected chi connectivity index (χ1v) is 5.62. The van der Waals surface area contributed by atoms with Crippen LogP contribution in [0, 0.1) is 12.8 Å². The quantitative estimate of drug-likeness (QED) is 0.819. The molecule has 0 radical (unpaired) electrons. The van der Waals surface area contributed by atoms with Gasteiger partial charge in [-0.25, -0.2) is 0 Å². The van der Waals surface area contributed by atoms with E-state index in [1.54, 1.807) is 32.2 Å². The van der Waals surface area contributed by atoms with E-state index in [1.807, 2.05) is 6.92 Å². The van der Waals surface area contributed by atoms with Gasteiger partial charge in [0, 0.05) is 24.8 Å². The van der Waals surface area contributed by atoms with Crippen molar-refractivity contribution in [1.82, 2.24) is 5.32 Å². The van der Waals surface area contributed by atoms with Crippen LogP contribution in [0.15, 0.2) is 18.2 Å². The fourth-order valence-corrected chi connectivity index (χ4v) is 1.58. The summed E-state index contributed by atoms with van der Waals surface area (Å²) in [7, 11) is 1.64. The lowest BCUT2D eigenvalue weighted by molar-refractivity contribution is 0.0933. The molecule has 0 spiro atoms. The summed E-state index contributed by atoms with van der Waals surface area (Å²) >= 11 is 0. The van der Waals surface area contributed by atoms with E-state index < -0.39 is 0 Å². The highest BCUT2D eigenvalue weighted by Gasteiger charge is 2.11. The van der Waals surface area contributed by atoms with Crippen molar-refractivity contribution in [3.63, 3.8) is 0 Å². The second-order valence-electron chi connectivity index (χ2n) is 4.22. The molecule has 0 aliphatic carbocycles. The van der Waals surface area contributed by atoms with Gasteiger partial charge in [0.15, 0.2) is 0 Å². The minimum absolute atomic E-state index is 0.141. The largest absolute Gasteiger partial charge is 0.508 e. The summed E-state index contributed by atoms with van der Waals surface area (Å²) in [4.78, 5) is 11.9. The number of rotatable bonds is 5. The molecule has 2 N–H and O–H groups in total. The highest BCUT2D eigenvalue weighted by Crippen LogP contribution is 2.19. The number of aromatic hydroxyl groups is 1. The van der Waals surface area contributed by atoms with E-state index in [4.69, 9.17) is 4.74 Å². The summed E-state index contributed by atoms with van der Waals surface area (Å²) in [6.45, 7) is 4.89. The highest BCUT2D eigenvalue weighted by atomic mass is 16.5. The lowest BCUT2D eigenvalue weighted by Crippen LogP contribution is -2.30. The van der Waals surface area contributed by atoms with Crippen LogP contribution in [0.25, 0.3) is 0 Å². The number of carbonyl (C=O) groups is 1. The van der Waals surface area contributed by atoms with Crippen molar-refractivity contribution in [3.05, 3.63) is 29.3 Å². The first-order valence-electron chi connectivity index (χ1n) is 5.62. The number of benzene rings is 1. The number of hydrogen-bond donors (Lipinski definition) is 2. The van der Waals surface area contributed by atoms with Crippen molar-refractivity contribution < 1.29 is 14.6 Å². The molecule has 0 aliphatic heterocycles. The second kappa shape index (κ2) is 6.25. The van der Waals surface area contributed by atoms with E-state index in [2.05, 4.69) is 5.32 Å². The number of ether oxygens (including phenoxy) is 1. The zero-order valence-electron chi connectivity index (χ0n) is 10.5. The van der Waals surface area contributed by atoms with Crippen LogP contribution in [0.5, 0.6) is 5.75 Å². The summed E-state index contributed by atoms with van der Waals surface area (Å²) < 4.78 is 4.99. The van der Waals surface area contributed by atoms with Gasteiger partial charge in [0.2, 0.25) is 0 Å². The van der Waals surface area contributed by atoms with Gasteiger partial charge in [-0.3, -0.25) is 4.79 Å². The number of hydrogen-bond acceptors (Lipinski definition) is 3. The van der Waals surface area contributed by atoms with Crippen molar-refractivity contribution in [3.8, 4) is 5.75 Å². The highest BCUT2D eigenvalue weighted by molar-refractivity contribution is 5.96. The predicted octanol–water partition coefficient (Wildman–Crippen LogP) is 1.71. The van der Waals surface area contributed by atoms with E-state index in [0.29, 0.717) is 24.3 Å². The van der Waals surface area contributed by atoms with Gasteiger partial charge in [0.05, 0.1) is 6.61 Å². The molecule has 0 aliphatic rings. The molecule has 0 fully saturated rings. The molecule has 0 saturated carbocycles. The zero-order chi connectivity index (χ0) is 12.8. The van der Waals surface area contributed by atoms with E-state index in [1.165, 1.54) is 0 Å². The molecule has 0 bridgehead atoms. The van der Waals surface area contributed by atoms with Crippen molar-refractivity contribution in [2.75, 3.05) is 20.3 Å². The molecule has 4 nitrogen and oxygen atoms in total. The van der Waals surface area contributed by atoms with E-state index in [-0.39, 0.29) is 17.6 Å².